The van der Waals surface area contributed by atoms with Gasteiger partial charge in [0.1, 0.15) is 6.04 Å². The molecular formula is C26H34Cl3N3O4S. The average Bonchev–Trinajstić information content (AvgIpc) is 2.82. The summed E-state index contributed by atoms with van der Waals surface area (Å²) in [5.41, 5.74) is 1.20. The van der Waals surface area contributed by atoms with Gasteiger partial charge in [-0.3, -0.25) is 13.9 Å². The van der Waals surface area contributed by atoms with Crippen LogP contribution in [0.3, 0.4) is 0 Å². The minimum atomic E-state index is -3.58. The fraction of sp³-hybridized carbons (Fsp3) is 0.462. The van der Waals surface area contributed by atoms with E-state index in [1.807, 2.05) is 20.8 Å². The van der Waals surface area contributed by atoms with Crippen LogP contribution >= 0.6 is 34.8 Å². The second-order valence-electron chi connectivity index (χ2n) is 9.25. The summed E-state index contributed by atoms with van der Waals surface area (Å²) >= 11 is 18.2. The second kappa shape index (κ2) is 14.2. The van der Waals surface area contributed by atoms with Crippen LogP contribution in [0.2, 0.25) is 15.1 Å². The molecule has 0 spiro atoms. The first kappa shape index (κ1) is 31.2. The zero-order chi connectivity index (χ0) is 27.8. The molecule has 0 aliphatic carbocycles. The van der Waals surface area contributed by atoms with Crippen molar-refractivity contribution in [3.63, 3.8) is 0 Å². The van der Waals surface area contributed by atoms with Gasteiger partial charge in [-0.1, -0.05) is 61.6 Å². The number of nitrogens with zero attached hydrogens (tertiary/aromatic N) is 2. The molecule has 11 heteroatoms. The van der Waals surface area contributed by atoms with Crippen LogP contribution in [0.4, 0.5) is 5.69 Å². The summed E-state index contributed by atoms with van der Waals surface area (Å²) in [4.78, 5) is 28.0. The van der Waals surface area contributed by atoms with Gasteiger partial charge in [-0.05, 0) is 60.7 Å². The molecule has 0 aliphatic rings. The molecule has 0 aliphatic heterocycles. The third kappa shape index (κ3) is 9.67. The highest BCUT2D eigenvalue weighted by Crippen LogP contribution is 2.25. The third-order valence-electron chi connectivity index (χ3n) is 5.67. The summed E-state index contributed by atoms with van der Waals surface area (Å²) in [6.07, 6.45) is 1.84. The molecule has 1 unspecified atom stereocenters. The van der Waals surface area contributed by atoms with E-state index in [-0.39, 0.29) is 43.7 Å². The number of carbonyl (C=O) groups is 2. The van der Waals surface area contributed by atoms with Gasteiger partial charge in [-0.2, -0.15) is 0 Å². The number of anilines is 1. The van der Waals surface area contributed by atoms with E-state index in [0.29, 0.717) is 33.7 Å². The highest BCUT2D eigenvalue weighted by atomic mass is 35.5. The van der Waals surface area contributed by atoms with Crippen LogP contribution in [0.1, 0.15) is 45.6 Å². The second-order valence-corrected chi connectivity index (χ2v) is 12.4. The van der Waals surface area contributed by atoms with E-state index < -0.39 is 16.1 Å². The van der Waals surface area contributed by atoms with Crippen LogP contribution in [0, 0.1) is 5.92 Å². The number of halogens is 3. The number of benzene rings is 2. The number of nitrogens with one attached hydrogen (secondary N) is 1. The van der Waals surface area contributed by atoms with Crippen LogP contribution in [-0.4, -0.2) is 50.5 Å². The molecular weight excluding hydrogens is 557 g/mol. The molecule has 1 atom stereocenters. The molecule has 0 bridgehead atoms. The van der Waals surface area contributed by atoms with Crippen molar-refractivity contribution in [3.8, 4) is 0 Å². The van der Waals surface area contributed by atoms with E-state index in [4.69, 9.17) is 34.8 Å². The average molecular weight is 591 g/mol. The van der Waals surface area contributed by atoms with Gasteiger partial charge in [0, 0.05) is 31.1 Å². The molecule has 2 amide bonds. The number of sulfonamides is 1. The molecule has 0 radical (unpaired) electrons. The Balaban J connectivity index is 2.23. The molecule has 1 N–H and O–H groups in total. The highest BCUT2D eigenvalue weighted by Gasteiger charge is 2.29. The lowest BCUT2D eigenvalue weighted by molar-refractivity contribution is -0.141. The summed E-state index contributed by atoms with van der Waals surface area (Å²) < 4.78 is 26.1. The van der Waals surface area contributed by atoms with Crippen LogP contribution in [0.25, 0.3) is 0 Å². The van der Waals surface area contributed by atoms with Gasteiger partial charge in [-0.15, -0.1) is 0 Å². The molecule has 2 rings (SSSR count). The van der Waals surface area contributed by atoms with E-state index in [2.05, 4.69) is 5.32 Å². The largest absolute Gasteiger partial charge is 0.354 e. The van der Waals surface area contributed by atoms with Crippen molar-refractivity contribution < 1.29 is 18.0 Å². The lowest BCUT2D eigenvalue weighted by Gasteiger charge is -2.31. The SMILES string of the molecule is CCC(C(=O)NCC(C)C)N(Cc1ccc(Cl)c(Cl)c1)C(=O)CCCN(c1ccc(Cl)cc1)S(C)(=O)=O. The third-order valence-corrected chi connectivity index (χ3v) is 7.86. The number of amides is 2. The standard InChI is InChI=1S/C26H34Cl3N3O4S/c1-5-24(26(34)30-16-18(2)3)31(17-19-8-13-22(28)23(29)15-19)25(33)7-6-14-32(37(4,35)36)21-11-9-20(27)10-12-21/h8-13,15,18,24H,5-7,14,16-17H2,1-4H3,(H,30,34). The fourth-order valence-electron chi connectivity index (χ4n) is 3.79. The fourth-order valence-corrected chi connectivity index (χ4v) is 5.20. The summed E-state index contributed by atoms with van der Waals surface area (Å²) in [7, 11) is -3.58. The number of hydrogen-bond donors (Lipinski definition) is 1. The van der Waals surface area contributed by atoms with Crippen LogP contribution in [0.15, 0.2) is 42.5 Å². The summed E-state index contributed by atoms with van der Waals surface area (Å²) in [5.74, 6) is -0.235. The molecule has 7 nitrogen and oxygen atoms in total. The van der Waals surface area contributed by atoms with E-state index in [0.717, 1.165) is 11.8 Å². The first-order chi connectivity index (χ1) is 17.3. The van der Waals surface area contributed by atoms with E-state index in [1.54, 1.807) is 42.5 Å². The lowest BCUT2D eigenvalue weighted by atomic mass is 10.1. The summed E-state index contributed by atoms with van der Waals surface area (Å²) in [5, 5.41) is 4.16. The van der Waals surface area contributed by atoms with Crippen molar-refractivity contribution in [2.75, 3.05) is 23.7 Å². The van der Waals surface area contributed by atoms with Gasteiger partial charge in [0.05, 0.1) is 22.0 Å². The van der Waals surface area contributed by atoms with Gasteiger partial charge in [-0.25, -0.2) is 8.42 Å². The van der Waals surface area contributed by atoms with Crippen molar-refractivity contribution in [1.29, 1.82) is 0 Å². The van der Waals surface area contributed by atoms with Crippen molar-refractivity contribution in [2.45, 2.75) is 52.6 Å². The van der Waals surface area contributed by atoms with Crippen LogP contribution in [-0.2, 0) is 26.2 Å². The van der Waals surface area contributed by atoms with Gasteiger partial charge < -0.3 is 10.2 Å². The molecule has 0 fully saturated rings. The lowest BCUT2D eigenvalue weighted by Crippen LogP contribution is -2.49. The van der Waals surface area contributed by atoms with Crippen molar-refractivity contribution in [1.82, 2.24) is 10.2 Å². The predicted molar refractivity (Wildman–Crippen MR) is 152 cm³/mol. The quantitative estimate of drug-likeness (QED) is 0.321. The Morgan fingerprint density at radius 1 is 1.00 bits per heavy atom. The van der Waals surface area contributed by atoms with Gasteiger partial charge >= 0.3 is 0 Å². The maximum atomic E-state index is 13.5. The zero-order valence-corrected chi connectivity index (χ0v) is 24.6. The Labute approximate surface area is 235 Å². The zero-order valence-electron chi connectivity index (χ0n) is 21.5. The summed E-state index contributed by atoms with van der Waals surface area (Å²) in [6.45, 7) is 6.59. The number of hydrogen-bond acceptors (Lipinski definition) is 4. The molecule has 0 saturated heterocycles. The Bertz CT molecular complexity index is 1170. The van der Waals surface area contributed by atoms with Crippen molar-refractivity contribution >= 4 is 62.3 Å². The highest BCUT2D eigenvalue weighted by molar-refractivity contribution is 7.92. The molecule has 37 heavy (non-hydrogen) atoms. The molecule has 0 saturated carbocycles. The Morgan fingerprint density at radius 2 is 1.65 bits per heavy atom. The maximum absolute atomic E-state index is 13.5. The normalized spacial score (nSPS) is 12.3. The van der Waals surface area contributed by atoms with E-state index >= 15 is 0 Å². The predicted octanol–water partition coefficient (Wildman–Crippen LogP) is 5.77. The molecule has 204 valence electrons. The van der Waals surface area contributed by atoms with Crippen LogP contribution < -0.4 is 9.62 Å². The Kier molecular flexibility index (Phi) is 12.0. The Morgan fingerprint density at radius 3 is 2.19 bits per heavy atom. The maximum Gasteiger partial charge on any atom is 0.242 e. The van der Waals surface area contributed by atoms with Gasteiger partial charge in [0.15, 0.2) is 0 Å². The van der Waals surface area contributed by atoms with Crippen molar-refractivity contribution in [3.05, 3.63) is 63.1 Å². The minimum absolute atomic E-state index is 0.0505. The van der Waals surface area contributed by atoms with Crippen molar-refractivity contribution in [2.24, 2.45) is 5.92 Å². The monoisotopic (exact) mass is 589 g/mol. The molecule has 0 aromatic heterocycles. The summed E-state index contributed by atoms with van der Waals surface area (Å²) in [6, 6.07) is 10.9. The smallest absolute Gasteiger partial charge is 0.242 e. The van der Waals surface area contributed by atoms with E-state index in [9.17, 15) is 18.0 Å². The molecule has 0 heterocycles. The van der Waals surface area contributed by atoms with Gasteiger partial charge in [0.25, 0.3) is 0 Å². The molecule has 2 aromatic carbocycles. The van der Waals surface area contributed by atoms with Crippen LogP contribution in [0.5, 0.6) is 0 Å². The number of carbonyl (C=O) groups excluding carboxylic acids is 2. The number of rotatable bonds is 13. The topological polar surface area (TPSA) is 86.8 Å². The van der Waals surface area contributed by atoms with Gasteiger partial charge in [0.2, 0.25) is 21.8 Å². The first-order valence-corrected chi connectivity index (χ1v) is 15.1. The first-order valence-electron chi connectivity index (χ1n) is 12.1. The minimum Gasteiger partial charge on any atom is -0.354 e. The van der Waals surface area contributed by atoms with E-state index in [1.165, 1.54) is 9.21 Å². The Hall–Kier alpha value is -2.00. The molecule has 2 aromatic rings.